The van der Waals surface area contributed by atoms with Crippen LogP contribution in [0.15, 0.2) is 16.8 Å². The zero-order valence-electron chi connectivity index (χ0n) is 6.84. The van der Waals surface area contributed by atoms with Crippen molar-refractivity contribution in [3.05, 3.63) is 11.8 Å². The SMILES string of the molecule is C=N[C@@H](C)/C=C(\OCN)C(F)F. The molecule has 12 heavy (non-hydrogen) atoms. The van der Waals surface area contributed by atoms with E-state index in [1.807, 2.05) is 0 Å². The highest BCUT2D eigenvalue weighted by Gasteiger charge is 2.12. The van der Waals surface area contributed by atoms with Crippen LogP contribution in [0.5, 0.6) is 0 Å². The van der Waals surface area contributed by atoms with Crippen LogP contribution < -0.4 is 5.73 Å². The first kappa shape index (κ1) is 11.0. The summed E-state index contributed by atoms with van der Waals surface area (Å²) >= 11 is 0. The second-order valence-corrected chi connectivity index (χ2v) is 2.10. The monoisotopic (exact) mass is 178 g/mol. The molecule has 1 atom stereocenters. The van der Waals surface area contributed by atoms with Gasteiger partial charge in [-0.3, -0.25) is 10.7 Å². The van der Waals surface area contributed by atoms with Crippen molar-refractivity contribution in [1.82, 2.24) is 0 Å². The first-order valence-electron chi connectivity index (χ1n) is 3.40. The Balaban J connectivity index is 4.26. The molecule has 0 spiro atoms. The van der Waals surface area contributed by atoms with E-state index in [0.29, 0.717) is 0 Å². The molecule has 0 aliphatic heterocycles. The Morgan fingerprint density at radius 2 is 2.33 bits per heavy atom. The van der Waals surface area contributed by atoms with Gasteiger partial charge >= 0.3 is 0 Å². The van der Waals surface area contributed by atoms with E-state index in [0.717, 1.165) is 0 Å². The van der Waals surface area contributed by atoms with Crippen molar-refractivity contribution < 1.29 is 13.5 Å². The van der Waals surface area contributed by atoms with E-state index >= 15 is 0 Å². The summed E-state index contributed by atoms with van der Waals surface area (Å²) in [5.74, 6) is -0.447. The van der Waals surface area contributed by atoms with Crippen LogP contribution in [-0.2, 0) is 4.74 Å². The quantitative estimate of drug-likeness (QED) is 0.390. The van der Waals surface area contributed by atoms with Crippen molar-refractivity contribution in [3.8, 4) is 0 Å². The highest BCUT2D eigenvalue weighted by molar-refractivity contribution is 5.25. The van der Waals surface area contributed by atoms with Gasteiger partial charge in [-0.05, 0) is 19.7 Å². The molecule has 70 valence electrons. The van der Waals surface area contributed by atoms with Crippen molar-refractivity contribution in [1.29, 1.82) is 0 Å². The molecule has 0 unspecified atom stereocenters. The minimum atomic E-state index is -2.65. The van der Waals surface area contributed by atoms with Crippen LogP contribution in [-0.4, -0.2) is 25.9 Å². The van der Waals surface area contributed by atoms with Gasteiger partial charge in [0.15, 0.2) is 5.76 Å². The fourth-order valence-corrected chi connectivity index (χ4v) is 0.571. The first-order valence-corrected chi connectivity index (χ1v) is 3.40. The molecule has 0 aromatic heterocycles. The lowest BCUT2D eigenvalue weighted by atomic mass is 10.3. The number of ether oxygens (including phenoxy) is 1. The number of hydrogen-bond donors (Lipinski definition) is 1. The molecule has 0 bridgehead atoms. The van der Waals surface area contributed by atoms with E-state index in [9.17, 15) is 8.78 Å². The number of aliphatic imine (C=N–C) groups is 1. The van der Waals surface area contributed by atoms with E-state index in [1.54, 1.807) is 6.92 Å². The van der Waals surface area contributed by atoms with Gasteiger partial charge in [0.25, 0.3) is 6.43 Å². The molecular formula is C7H12F2N2O. The Bertz CT molecular complexity index is 171. The molecule has 0 rings (SSSR count). The molecule has 0 amide bonds. The fourth-order valence-electron chi connectivity index (χ4n) is 0.571. The maximum atomic E-state index is 12.1. The lowest BCUT2D eigenvalue weighted by molar-refractivity contribution is 0.0839. The molecule has 0 radical (unpaired) electrons. The fraction of sp³-hybridized carbons (Fsp3) is 0.571. The highest BCUT2D eigenvalue weighted by atomic mass is 19.3. The second kappa shape index (κ2) is 5.65. The van der Waals surface area contributed by atoms with Gasteiger partial charge in [-0.1, -0.05) is 0 Å². The largest absolute Gasteiger partial charge is 0.477 e. The Labute approximate surface area is 69.9 Å². The van der Waals surface area contributed by atoms with Crippen molar-refractivity contribution in [2.45, 2.75) is 19.4 Å². The number of nitrogens with zero attached hydrogens (tertiary/aromatic N) is 1. The lowest BCUT2D eigenvalue weighted by Gasteiger charge is -2.08. The summed E-state index contributed by atoms with van der Waals surface area (Å²) in [6.45, 7) is 4.56. The predicted octanol–water partition coefficient (Wildman–Crippen LogP) is 1.16. The van der Waals surface area contributed by atoms with Crippen LogP contribution in [0.1, 0.15) is 6.92 Å². The topological polar surface area (TPSA) is 47.6 Å². The highest BCUT2D eigenvalue weighted by Crippen LogP contribution is 2.11. The van der Waals surface area contributed by atoms with E-state index in [4.69, 9.17) is 5.73 Å². The zero-order valence-corrected chi connectivity index (χ0v) is 6.84. The summed E-state index contributed by atoms with van der Waals surface area (Å²) in [7, 11) is 0. The number of rotatable bonds is 5. The summed E-state index contributed by atoms with van der Waals surface area (Å²) in [5.41, 5.74) is 4.94. The van der Waals surface area contributed by atoms with Gasteiger partial charge in [-0.2, -0.15) is 0 Å². The van der Waals surface area contributed by atoms with E-state index in [-0.39, 0.29) is 12.8 Å². The van der Waals surface area contributed by atoms with Gasteiger partial charge in [0.05, 0.1) is 6.04 Å². The summed E-state index contributed by atoms with van der Waals surface area (Å²) in [5, 5.41) is 0. The molecule has 0 aromatic rings. The number of halogens is 2. The maximum absolute atomic E-state index is 12.1. The normalized spacial score (nSPS) is 14.6. The second-order valence-electron chi connectivity index (χ2n) is 2.10. The molecule has 0 aromatic carbocycles. The zero-order chi connectivity index (χ0) is 9.56. The van der Waals surface area contributed by atoms with E-state index < -0.39 is 12.2 Å². The minimum absolute atomic E-state index is 0.264. The Hall–Kier alpha value is -0.970. The van der Waals surface area contributed by atoms with Gasteiger partial charge in [0, 0.05) is 0 Å². The molecule has 0 heterocycles. The van der Waals surface area contributed by atoms with E-state index in [1.165, 1.54) is 6.08 Å². The third kappa shape index (κ3) is 4.02. The molecule has 0 saturated carbocycles. The van der Waals surface area contributed by atoms with Gasteiger partial charge in [-0.15, -0.1) is 0 Å². The summed E-state index contributed by atoms with van der Waals surface area (Å²) in [4.78, 5) is 3.51. The number of allylic oxidation sites excluding steroid dienone is 1. The average molecular weight is 178 g/mol. The lowest BCUT2D eigenvalue weighted by Crippen LogP contribution is -2.11. The molecule has 3 nitrogen and oxygen atoms in total. The Morgan fingerprint density at radius 3 is 2.67 bits per heavy atom. The van der Waals surface area contributed by atoms with Gasteiger partial charge < -0.3 is 4.74 Å². The van der Waals surface area contributed by atoms with Gasteiger partial charge in [0.2, 0.25) is 0 Å². The van der Waals surface area contributed by atoms with Crippen molar-refractivity contribution in [2.24, 2.45) is 10.7 Å². The smallest absolute Gasteiger partial charge is 0.294 e. The van der Waals surface area contributed by atoms with E-state index in [2.05, 4.69) is 16.4 Å². The average Bonchev–Trinajstić information content (AvgIpc) is 2.03. The van der Waals surface area contributed by atoms with Crippen molar-refractivity contribution in [2.75, 3.05) is 6.73 Å². The molecular weight excluding hydrogens is 166 g/mol. The third-order valence-electron chi connectivity index (χ3n) is 1.16. The molecule has 0 aliphatic rings. The van der Waals surface area contributed by atoms with Crippen molar-refractivity contribution in [3.63, 3.8) is 0 Å². The van der Waals surface area contributed by atoms with Gasteiger partial charge in [0.1, 0.15) is 6.73 Å². The van der Waals surface area contributed by atoms with Crippen LogP contribution >= 0.6 is 0 Å². The standard InChI is InChI=1S/C7H12F2N2O/c1-5(11-2)3-6(7(8)9)12-4-10/h3,5,7H,2,4,10H2,1H3/b6-3-/t5-/m0/s1. The predicted molar refractivity (Wildman–Crippen MR) is 43.2 cm³/mol. The van der Waals surface area contributed by atoms with Crippen LogP contribution in [0.3, 0.4) is 0 Å². The van der Waals surface area contributed by atoms with Crippen LogP contribution in [0.25, 0.3) is 0 Å². The van der Waals surface area contributed by atoms with Crippen molar-refractivity contribution >= 4 is 6.72 Å². The molecule has 2 N–H and O–H groups in total. The Kier molecular flexibility index (Phi) is 5.19. The minimum Gasteiger partial charge on any atom is -0.477 e. The van der Waals surface area contributed by atoms with Crippen LogP contribution in [0.4, 0.5) is 8.78 Å². The van der Waals surface area contributed by atoms with Crippen LogP contribution in [0, 0.1) is 0 Å². The first-order chi connectivity index (χ1) is 5.61. The summed E-state index contributed by atoms with van der Waals surface area (Å²) in [6, 6.07) is -0.388. The third-order valence-corrected chi connectivity index (χ3v) is 1.16. The van der Waals surface area contributed by atoms with Crippen LogP contribution in [0.2, 0.25) is 0 Å². The number of alkyl halides is 2. The molecule has 0 saturated heterocycles. The van der Waals surface area contributed by atoms with Gasteiger partial charge in [-0.25, -0.2) is 8.78 Å². The number of nitrogens with two attached hydrogens (primary N) is 1. The summed E-state index contributed by atoms with van der Waals surface area (Å²) < 4.78 is 28.6. The maximum Gasteiger partial charge on any atom is 0.294 e. The number of hydrogen-bond acceptors (Lipinski definition) is 3. The summed E-state index contributed by atoms with van der Waals surface area (Å²) in [6.07, 6.45) is -1.47. The Morgan fingerprint density at radius 1 is 1.75 bits per heavy atom. The molecule has 0 aliphatic carbocycles. The molecule has 0 fully saturated rings. The molecule has 5 heteroatoms.